The van der Waals surface area contributed by atoms with Crippen LogP contribution in [0.2, 0.25) is 5.15 Å². The number of hydrogen-bond donors (Lipinski definition) is 0. The number of halogens is 1. The number of methoxy groups -OCH3 is 1. The Hall–Kier alpha value is -1.33. The normalized spacial score (nSPS) is 21.8. The third-order valence-electron chi connectivity index (χ3n) is 4.26. The summed E-state index contributed by atoms with van der Waals surface area (Å²) in [5.74, 6) is 0.521. The number of ether oxygens (including phenoxy) is 2. The smallest absolute Gasteiger partial charge is 0.311 e. The summed E-state index contributed by atoms with van der Waals surface area (Å²) < 4.78 is 10.5. The van der Waals surface area contributed by atoms with Crippen LogP contribution in [0.3, 0.4) is 0 Å². The lowest BCUT2D eigenvalue weighted by Crippen LogP contribution is -2.51. The molecule has 0 saturated carbocycles. The lowest BCUT2D eigenvalue weighted by Gasteiger charge is -2.42. The van der Waals surface area contributed by atoms with Gasteiger partial charge in [-0.05, 0) is 31.4 Å². The molecule has 1 aliphatic heterocycles. The standard InChI is InChI=1S/C15H19ClN2O3/c1-3-21-15(19)10-7-18(8-10)11-5-4-9-6-12(16)17-14(20-2)13(9)11/h6,10-11H,3-5,7-8H2,1-2H3. The molecule has 1 aromatic rings. The van der Waals surface area contributed by atoms with E-state index in [-0.39, 0.29) is 17.9 Å². The molecule has 0 aromatic carbocycles. The second-order valence-corrected chi connectivity index (χ2v) is 5.87. The van der Waals surface area contributed by atoms with Crippen LogP contribution < -0.4 is 4.74 Å². The fraction of sp³-hybridized carbons (Fsp3) is 0.600. The Morgan fingerprint density at radius 2 is 2.29 bits per heavy atom. The zero-order valence-corrected chi connectivity index (χ0v) is 13.0. The van der Waals surface area contributed by atoms with Crippen LogP contribution in [0.15, 0.2) is 6.07 Å². The number of likely N-dealkylation sites (tertiary alicyclic amines) is 1. The predicted molar refractivity (Wildman–Crippen MR) is 78.6 cm³/mol. The van der Waals surface area contributed by atoms with E-state index in [9.17, 15) is 4.79 Å². The van der Waals surface area contributed by atoms with E-state index in [0.717, 1.165) is 31.5 Å². The topological polar surface area (TPSA) is 51.7 Å². The molecule has 0 spiro atoms. The number of aromatic nitrogens is 1. The minimum atomic E-state index is -0.0897. The van der Waals surface area contributed by atoms with Gasteiger partial charge in [-0.1, -0.05) is 11.6 Å². The molecule has 2 heterocycles. The highest BCUT2D eigenvalue weighted by Crippen LogP contribution is 2.44. The minimum absolute atomic E-state index is 0.000235. The number of esters is 1. The van der Waals surface area contributed by atoms with Crippen LogP contribution in [0.5, 0.6) is 5.88 Å². The third-order valence-corrected chi connectivity index (χ3v) is 4.46. The number of hydrogen-bond acceptors (Lipinski definition) is 5. The number of pyridine rings is 1. The molecule has 1 aromatic heterocycles. The van der Waals surface area contributed by atoms with Crippen molar-refractivity contribution < 1.29 is 14.3 Å². The molecule has 0 radical (unpaired) electrons. The van der Waals surface area contributed by atoms with Crippen LogP contribution in [0.1, 0.15) is 30.5 Å². The molecule has 0 bridgehead atoms. The average Bonchev–Trinajstić information content (AvgIpc) is 2.80. The van der Waals surface area contributed by atoms with E-state index in [1.165, 1.54) is 5.56 Å². The van der Waals surface area contributed by atoms with Crippen molar-refractivity contribution in [2.24, 2.45) is 5.92 Å². The number of nitrogens with zero attached hydrogens (tertiary/aromatic N) is 2. The van der Waals surface area contributed by atoms with Crippen molar-refractivity contribution in [3.8, 4) is 5.88 Å². The van der Waals surface area contributed by atoms with E-state index in [2.05, 4.69) is 9.88 Å². The molecular formula is C15H19ClN2O3. The zero-order valence-electron chi connectivity index (χ0n) is 12.3. The number of carbonyl (C=O) groups is 1. The van der Waals surface area contributed by atoms with E-state index in [4.69, 9.17) is 21.1 Å². The van der Waals surface area contributed by atoms with Gasteiger partial charge in [0, 0.05) is 24.7 Å². The maximum Gasteiger partial charge on any atom is 0.311 e. The van der Waals surface area contributed by atoms with Gasteiger partial charge in [0.05, 0.1) is 19.6 Å². The van der Waals surface area contributed by atoms with Gasteiger partial charge in [0.1, 0.15) is 5.15 Å². The second-order valence-electron chi connectivity index (χ2n) is 5.48. The quantitative estimate of drug-likeness (QED) is 0.630. The van der Waals surface area contributed by atoms with Crippen molar-refractivity contribution in [1.82, 2.24) is 9.88 Å². The summed E-state index contributed by atoms with van der Waals surface area (Å²) in [5.41, 5.74) is 2.33. The third kappa shape index (κ3) is 2.60. The predicted octanol–water partition coefficient (Wildman–Crippen LogP) is 2.23. The summed E-state index contributed by atoms with van der Waals surface area (Å²) in [4.78, 5) is 18.3. The molecule has 1 aliphatic carbocycles. The first kappa shape index (κ1) is 14.6. The summed E-state index contributed by atoms with van der Waals surface area (Å²) in [6.45, 7) is 3.77. The van der Waals surface area contributed by atoms with Crippen LogP contribution >= 0.6 is 11.6 Å². The fourth-order valence-corrected chi connectivity index (χ4v) is 3.45. The Bertz CT molecular complexity index is 558. The minimum Gasteiger partial charge on any atom is -0.481 e. The SMILES string of the molecule is CCOC(=O)C1CN(C2CCc3cc(Cl)nc(OC)c32)C1. The summed E-state index contributed by atoms with van der Waals surface area (Å²) >= 11 is 6.02. The highest BCUT2D eigenvalue weighted by molar-refractivity contribution is 6.29. The Balaban J connectivity index is 1.73. The molecular weight excluding hydrogens is 292 g/mol. The van der Waals surface area contributed by atoms with E-state index in [0.29, 0.717) is 17.6 Å². The molecule has 114 valence electrons. The van der Waals surface area contributed by atoms with Crippen molar-refractivity contribution in [3.05, 3.63) is 22.3 Å². The highest BCUT2D eigenvalue weighted by Gasteiger charge is 2.41. The summed E-state index contributed by atoms with van der Waals surface area (Å²) in [7, 11) is 1.62. The zero-order chi connectivity index (χ0) is 15.0. The first-order chi connectivity index (χ1) is 10.1. The van der Waals surface area contributed by atoms with Gasteiger partial charge in [-0.2, -0.15) is 0 Å². The van der Waals surface area contributed by atoms with E-state index in [1.807, 2.05) is 13.0 Å². The van der Waals surface area contributed by atoms with Crippen molar-refractivity contribution in [2.75, 3.05) is 26.8 Å². The summed E-state index contributed by atoms with van der Waals surface area (Å²) in [6, 6.07) is 2.19. The van der Waals surface area contributed by atoms with Gasteiger partial charge in [0.25, 0.3) is 0 Å². The van der Waals surface area contributed by atoms with Crippen LogP contribution in [-0.2, 0) is 16.0 Å². The van der Waals surface area contributed by atoms with E-state index in [1.54, 1.807) is 7.11 Å². The van der Waals surface area contributed by atoms with Crippen molar-refractivity contribution >= 4 is 17.6 Å². The molecule has 21 heavy (non-hydrogen) atoms. The maximum absolute atomic E-state index is 11.7. The maximum atomic E-state index is 11.7. The molecule has 1 atom stereocenters. The Kier molecular flexibility index (Phi) is 4.04. The van der Waals surface area contributed by atoms with Crippen molar-refractivity contribution in [1.29, 1.82) is 0 Å². The van der Waals surface area contributed by atoms with Crippen LogP contribution in [0.25, 0.3) is 0 Å². The molecule has 1 unspecified atom stereocenters. The lowest BCUT2D eigenvalue weighted by atomic mass is 9.95. The number of fused-ring (bicyclic) bond motifs is 1. The monoisotopic (exact) mass is 310 g/mol. The number of aryl methyl sites for hydroxylation is 1. The number of carbonyl (C=O) groups excluding carboxylic acids is 1. The molecule has 0 N–H and O–H groups in total. The van der Waals surface area contributed by atoms with Crippen LogP contribution in [0, 0.1) is 5.92 Å². The van der Waals surface area contributed by atoms with Crippen LogP contribution in [-0.4, -0.2) is 42.7 Å². The van der Waals surface area contributed by atoms with Gasteiger partial charge in [-0.25, -0.2) is 4.98 Å². The highest BCUT2D eigenvalue weighted by atomic mass is 35.5. The van der Waals surface area contributed by atoms with Crippen LogP contribution in [0.4, 0.5) is 0 Å². The van der Waals surface area contributed by atoms with Gasteiger partial charge in [0.2, 0.25) is 5.88 Å². The average molecular weight is 311 g/mol. The van der Waals surface area contributed by atoms with Gasteiger partial charge in [-0.15, -0.1) is 0 Å². The van der Waals surface area contributed by atoms with Gasteiger partial charge < -0.3 is 9.47 Å². The molecule has 5 nitrogen and oxygen atoms in total. The van der Waals surface area contributed by atoms with Gasteiger partial charge >= 0.3 is 5.97 Å². The Morgan fingerprint density at radius 1 is 1.52 bits per heavy atom. The lowest BCUT2D eigenvalue weighted by molar-refractivity contribution is -0.155. The Labute approximate surface area is 129 Å². The Morgan fingerprint density at radius 3 is 2.95 bits per heavy atom. The molecule has 6 heteroatoms. The molecule has 2 aliphatic rings. The first-order valence-electron chi connectivity index (χ1n) is 7.28. The summed E-state index contributed by atoms with van der Waals surface area (Å²) in [5, 5.41) is 0.472. The molecule has 1 fully saturated rings. The van der Waals surface area contributed by atoms with E-state index < -0.39 is 0 Å². The van der Waals surface area contributed by atoms with Gasteiger partial charge in [-0.3, -0.25) is 9.69 Å². The largest absolute Gasteiger partial charge is 0.481 e. The van der Waals surface area contributed by atoms with Crippen molar-refractivity contribution in [3.63, 3.8) is 0 Å². The van der Waals surface area contributed by atoms with Crippen molar-refractivity contribution in [2.45, 2.75) is 25.8 Å². The second kappa shape index (κ2) is 5.81. The van der Waals surface area contributed by atoms with E-state index >= 15 is 0 Å². The fourth-order valence-electron chi connectivity index (χ4n) is 3.25. The summed E-state index contributed by atoms with van der Waals surface area (Å²) in [6.07, 6.45) is 1.99. The molecule has 1 saturated heterocycles. The molecule has 3 rings (SSSR count). The number of rotatable bonds is 4. The first-order valence-corrected chi connectivity index (χ1v) is 7.65. The molecule has 0 amide bonds. The van der Waals surface area contributed by atoms with Gasteiger partial charge in [0.15, 0.2) is 0 Å².